The topological polar surface area (TPSA) is 68.1 Å². The molecular weight excluding hydrogens is 301 g/mol. The highest BCUT2D eigenvalue weighted by Crippen LogP contribution is 2.30. The zero-order valence-corrected chi connectivity index (χ0v) is 12.0. The average Bonchev–Trinajstić information content (AvgIpc) is 2.38. The van der Waals surface area contributed by atoms with E-state index in [1.807, 2.05) is 6.92 Å². The molecule has 104 valence electrons. The number of hydrogen-bond acceptors (Lipinski definition) is 4. The van der Waals surface area contributed by atoms with Gasteiger partial charge in [-0.05, 0) is 30.7 Å². The molecular formula is C13H11Cl2N3O2. The molecule has 0 amide bonds. The smallest absolute Gasteiger partial charge is 0.311 e. The zero-order chi connectivity index (χ0) is 14.7. The van der Waals surface area contributed by atoms with Crippen molar-refractivity contribution in [3.8, 4) is 0 Å². The van der Waals surface area contributed by atoms with E-state index in [1.165, 1.54) is 18.3 Å². The molecule has 1 aromatic heterocycles. The molecule has 1 atom stereocenters. The van der Waals surface area contributed by atoms with Gasteiger partial charge in [-0.3, -0.25) is 10.1 Å². The van der Waals surface area contributed by atoms with Crippen LogP contribution in [0.25, 0.3) is 0 Å². The SMILES string of the molecule is C[C@@H](Nc1ncccc1[N+](=O)[O-])c1ccc(Cl)cc1Cl. The highest BCUT2D eigenvalue weighted by Gasteiger charge is 2.18. The van der Waals surface area contributed by atoms with Crippen molar-refractivity contribution in [1.29, 1.82) is 0 Å². The van der Waals surface area contributed by atoms with Gasteiger partial charge in [-0.2, -0.15) is 0 Å². The second-order valence-corrected chi connectivity index (χ2v) is 5.00. The van der Waals surface area contributed by atoms with Crippen LogP contribution in [0.15, 0.2) is 36.5 Å². The Kier molecular flexibility index (Phi) is 4.42. The Morgan fingerprint density at radius 3 is 2.75 bits per heavy atom. The minimum atomic E-state index is -0.481. The molecule has 1 N–H and O–H groups in total. The van der Waals surface area contributed by atoms with Crippen molar-refractivity contribution >= 4 is 34.7 Å². The maximum Gasteiger partial charge on any atom is 0.311 e. The summed E-state index contributed by atoms with van der Waals surface area (Å²) in [5, 5.41) is 15.0. The average molecular weight is 312 g/mol. The number of nitrogens with zero attached hydrogens (tertiary/aromatic N) is 2. The minimum Gasteiger partial charge on any atom is -0.358 e. The van der Waals surface area contributed by atoms with E-state index in [4.69, 9.17) is 23.2 Å². The van der Waals surface area contributed by atoms with Crippen molar-refractivity contribution in [2.24, 2.45) is 0 Å². The third-order valence-electron chi connectivity index (χ3n) is 2.77. The third kappa shape index (κ3) is 3.18. The second kappa shape index (κ2) is 6.07. The predicted octanol–water partition coefficient (Wildman–Crippen LogP) is 4.47. The van der Waals surface area contributed by atoms with Crippen molar-refractivity contribution in [2.75, 3.05) is 5.32 Å². The molecule has 0 fully saturated rings. The van der Waals surface area contributed by atoms with Crippen LogP contribution in [-0.2, 0) is 0 Å². The van der Waals surface area contributed by atoms with Gasteiger partial charge in [0.1, 0.15) is 0 Å². The lowest BCUT2D eigenvalue weighted by molar-refractivity contribution is -0.384. The van der Waals surface area contributed by atoms with E-state index in [1.54, 1.807) is 18.2 Å². The van der Waals surface area contributed by atoms with Gasteiger partial charge in [0.2, 0.25) is 5.82 Å². The summed E-state index contributed by atoms with van der Waals surface area (Å²) in [6.07, 6.45) is 1.49. The maximum absolute atomic E-state index is 10.9. The van der Waals surface area contributed by atoms with Gasteiger partial charge in [0.15, 0.2) is 0 Å². The molecule has 0 saturated heterocycles. The number of benzene rings is 1. The first-order valence-corrected chi connectivity index (χ1v) is 6.55. The number of anilines is 1. The number of hydrogen-bond donors (Lipinski definition) is 1. The van der Waals surface area contributed by atoms with E-state index < -0.39 is 4.92 Å². The summed E-state index contributed by atoms with van der Waals surface area (Å²) in [4.78, 5) is 14.4. The largest absolute Gasteiger partial charge is 0.358 e. The summed E-state index contributed by atoms with van der Waals surface area (Å²) in [7, 11) is 0. The fourth-order valence-corrected chi connectivity index (χ4v) is 2.36. The molecule has 1 heterocycles. The molecule has 0 saturated carbocycles. The molecule has 20 heavy (non-hydrogen) atoms. The van der Waals surface area contributed by atoms with Gasteiger partial charge in [-0.25, -0.2) is 4.98 Å². The van der Waals surface area contributed by atoms with E-state index in [0.717, 1.165) is 5.56 Å². The van der Waals surface area contributed by atoms with Crippen LogP contribution in [0.1, 0.15) is 18.5 Å². The van der Waals surface area contributed by atoms with Crippen LogP contribution < -0.4 is 5.32 Å². The van der Waals surface area contributed by atoms with Crippen LogP contribution in [0.2, 0.25) is 10.0 Å². The Hall–Kier alpha value is -1.85. The van der Waals surface area contributed by atoms with Crippen LogP contribution in [0.3, 0.4) is 0 Å². The first-order chi connectivity index (χ1) is 9.49. The van der Waals surface area contributed by atoms with Gasteiger partial charge in [-0.15, -0.1) is 0 Å². The van der Waals surface area contributed by atoms with Crippen molar-refractivity contribution in [3.63, 3.8) is 0 Å². The zero-order valence-electron chi connectivity index (χ0n) is 10.5. The number of nitro groups is 1. The molecule has 0 spiro atoms. The highest BCUT2D eigenvalue weighted by molar-refractivity contribution is 6.35. The van der Waals surface area contributed by atoms with Crippen molar-refractivity contribution in [1.82, 2.24) is 4.98 Å². The van der Waals surface area contributed by atoms with E-state index in [9.17, 15) is 10.1 Å². The number of nitrogens with one attached hydrogen (secondary N) is 1. The summed E-state index contributed by atoms with van der Waals surface area (Å²) >= 11 is 12.0. The van der Waals surface area contributed by atoms with Crippen molar-refractivity contribution in [3.05, 3.63) is 62.3 Å². The van der Waals surface area contributed by atoms with E-state index in [-0.39, 0.29) is 17.5 Å². The van der Waals surface area contributed by atoms with Crippen LogP contribution in [0.4, 0.5) is 11.5 Å². The number of halogens is 2. The van der Waals surface area contributed by atoms with E-state index in [2.05, 4.69) is 10.3 Å². The molecule has 0 bridgehead atoms. The normalized spacial score (nSPS) is 11.9. The third-order valence-corrected chi connectivity index (χ3v) is 3.33. The summed E-state index contributed by atoms with van der Waals surface area (Å²) in [5.41, 5.74) is 0.709. The fraction of sp³-hybridized carbons (Fsp3) is 0.154. The first kappa shape index (κ1) is 14.6. The number of aromatic nitrogens is 1. The van der Waals surface area contributed by atoms with Crippen molar-refractivity contribution in [2.45, 2.75) is 13.0 Å². The van der Waals surface area contributed by atoms with Gasteiger partial charge in [0.05, 0.1) is 11.0 Å². The molecule has 0 unspecified atom stereocenters. The molecule has 7 heteroatoms. The molecule has 2 aromatic rings. The van der Waals surface area contributed by atoms with Gasteiger partial charge in [-0.1, -0.05) is 29.3 Å². The van der Waals surface area contributed by atoms with Crippen LogP contribution in [0.5, 0.6) is 0 Å². The first-order valence-electron chi connectivity index (χ1n) is 5.80. The monoisotopic (exact) mass is 311 g/mol. The molecule has 0 radical (unpaired) electrons. The molecule has 1 aromatic carbocycles. The lowest BCUT2D eigenvalue weighted by Crippen LogP contribution is -2.10. The number of pyridine rings is 1. The summed E-state index contributed by atoms with van der Waals surface area (Å²) in [6, 6.07) is 7.79. The maximum atomic E-state index is 10.9. The van der Waals surface area contributed by atoms with Crippen LogP contribution in [-0.4, -0.2) is 9.91 Å². The van der Waals surface area contributed by atoms with Gasteiger partial charge in [0.25, 0.3) is 0 Å². The summed E-state index contributed by atoms with van der Waals surface area (Å²) in [6.45, 7) is 1.84. The number of rotatable bonds is 4. The standard InChI is InChI=1S/C13H11Cl2N3O2/c1-8(10-5-4-9(14)7-11(10)15)17-13-12(18(19)20)3-2-6-16-13/h2-8H,1H3,(H,16,17)/t8-/m1/s1. The Bertz CT molecular complexity index is 649. The van der Waals surface area contributed by atoms with E-state index >= 15 is 0 Å². The summed E-state index contributed by atoms with van der Waals surface area (Å²) < 4.78 is 0. The van der Waals surface area contributed by atoms with Gasteiger partial charge in [0, 0.05) is 22.3 Å². The van der Waals surface area contributed by atoms with Gasteiger partial charge < -0.3 is 5.32 Å². The fourth-order valence-electron chi connectivity index (χ4n) is 1.79. The predicted molar refractivity (Wildman–Crippen MR) is 79.4 cm³/mol. The van der Waals surface area contributed by atoms with E-state index in [0.29, 0.717) is 10.0 Å². The lowest BCUT2D eigenvalue weighted by atomic mass is 10.1. The molecule has 2 rings (SSSR count). The Morgan fingerprint density at radius 2 is 2.10 bits per heavy atom. The van der Waals surface area contributed by atoms with Crippen LogP contribution >= 0.6 is 23.2 Å². The minimum absolute atomic E-state index is 0.0792. The van der Waals surface area contributed by atoms with Gasteiger partial charge >= 0.3 is 5.69 Å². The Balaban J connectivity index is 2.28. The molecule has 0 aliphatic carbocycles. The molecule has 0 aliphatic rings. The molecule has 0 aliphatic heterocycles. The Labute approximate surface area is 125 Å². The quantitative estimate of drug-likeness (QED) is 0.668. The second-order valence-electron chi connectivity index (χ2n) is 4.16. The molecule has 5 nitrogen and oxygen atoms in total. The highest BCUT2D eigenvalue weighted by atomic mass is 35.5. The summed E-state index contributed by atoms with van der Waals surface area (Å²) in [5.74, 6) is 0.205. The lowest BCUT2D eigenvalue weighted by Gasteiger charge is -2.16. The Morgan fingerprint density at radius 1 is 1.35 bits per heavy atom. The van der Waals surface area contributed by atoms with Crippen LogP contribution in [0, 0.1) is 10.1 Å². The van der Waals surface area contributed by atoms with Crippen molar-refractivity contribution < 1.29 is 4.92 Å².